The zero-order valence-electron chi connectivity index (χ0n) is 23.0. The summed E-state index contributed by atoms with van der Waals surface area (Å²) in [6.07, 6.45) is 2.87. The largest absolute Gasteiger partial charge is 0.496 e. The number of halogens is 1. The van der Waals surface area contributed by atoms with Crippen LogP contribution in [0.3, 0.4) is 0 Å². The average Bonchev–Trinajstić information content (AvgIpc) is 3.57. The van der Waals surface area contributed by atoms with Crippen LogP contribution in [-0.2, 0) is 9.53 Å². The van der Waals surface area contributed by atoms with Crippen LogP contribution in [0.15, 0.2) is 84.5 Å². The quantitative estimate of drug-likeness (QED) is 0.133. The molecule has 1 aliphatic rings. The molecule has 42 heavy (non-hydrogen) atoms. The van der Waals surface area contributed by atoms with E-state index in [1.54, 1.807) is 50.4 Å². The lowest BCUT2D eigenvalue weighted by Gasteiger charge is -2.26. The number of nitro groups is 1. The number of aromatic nitrogens is 1. The number of thiazole rings is 1. The fourth-order valence-electron chi connectivity index (χ4n) is 4.78. The molecule has 4 aromatic rings. The van der Waals surface area contributed by atoms with E-state index in [4.69, 9.17) is 18.9 Å². The van der Waals surface area contributed by atoms with Crippen LogP contribution in [0.1, 0.15) is 44.1 Å². The summed E-state index contributed by atoms with van der Waals surface area (Å²) < 4.78 is 19.3. The number of esters is 1. The Kier molecular flexibility index (Phi) is 8.55. The van der Waals surface area contributed by atoms with Crippen molar-refractivity contribution >= 4 is 45.0 Å². The summed E-state index contributed by atoms with van der Waals surface area (Å²) in [6.45, 7) is 3.91. The number of non-ortho nitro benzene ring substituents is 1. The maximum atomic E-state index is 14.0. The maximum absolute atomic E-state index is 14.0. The number of hydrogen-bond donors (Lipinski definition) is 0. The molecular weight excluding hydrogens is 626 g/mol. The first-order valence-electron chi connectivity index (χ1n) is 13.2. The van der Waals surface area contributed by atoms with Crippen LogP contribution in [0, 0.1) is 10.1 Å². The van der Waals surface area contributed by atoms with E-state index in [1.165, 1.54) is 28.0 Å². The third-order valence-electron chi connectivity index (χ3n) is 6.63. The molecule has 216 valence electrons. The number of benzene rings is 2. The molecule has 0 radical (unpaired) electrons. The highest BCUT2D eigenvalue weighted by Gasteiger charge is 2.34. The Bertz CT molecular complexity index is 1900. The molecule has 5 rings (SSSR count). The van der Waals surface area contributed by atoms with Crippen LogP contribution in [0.5, 0.6) is 5.75 Å². The minimum Gasteiger partial charge on any atom is -0.496 e. The van der Waals surface area contributed by atoms with Crippen LogP contribution < -0.4 is 19.6 Å². The number of methoxy groups -OCH3 is 1. The Hall–Kier alpha value is -4.29. The summed E-state index contributed by atoms with van der Waals surface area (Å²) in [5.74, 6) is 0.903. The van der Waals surface area contributed by atoms with Gasteiger partial charge in [0.2, 0.25) is 0 Å². The molecule has 2 aromatic carbocycles. The van der Waals surface area contributed by atoms with E-state index in [-0.39, 0.29) is 17.9 Å². The first-order chi connectivity index (χ1) is 20.2. The van der Waals surface area contributed by atoms with Gasteiger partial charge in [0.05, 0.1) is 45.0 Å². The monoisotopic (exact) mass is 651 g/mol. The molecule has 3 heterocycles. The van der Waals surface area contributed by atoms with Gasteiger partial charge in [-0.25, -0.2) is 9.79 Å². The Labute approximate surface area is 252 Å². The minimum atomic E-state index is -0.775. The molecule has 0 N–H and O–H groups in total. The molecule has 1 unspecified atom stereocenters. The molecule has 0 saturated heterocycles. The van der Waals surface area contributed by atoms with Gasteiger partial charge in [0, 0.05) is 23.8 Å². The molecule has 2 aromatic heterocycles. The summed E-state index contributed by atoms with van der Waals surface area (Å²) in [5, 5.41) is 11.2. The van der Waals surface area contributed by atoms with Crippen molar-refractivity contribution < 1.29 is 23.6 Å². The first kappa shape index (κ1) is 29.2. The van der Waals surface area contributed by atoms with Crippen molar-refractivity contribution in [1.29, 1.82) is 0 Å². The van der Waals surface area contributed by atoms with Gasteiger partial charge in [-0.1, -0.05) is 42.9 Å². The van der Waals surface area contributed by atoms with Gasteiger partial charge in [-0.2, -0.15) is 0 Å². The van der Waals surface area contributed by atoms with Crippen molar-refractivity contribution in [2.45, 2.75) is 32.7 Å². The smallest absolute Gasteiger partial charge is 0.338 e. The number of furan rings is 1. The van der Waals surface area contributed by atoms with E-state index in [2.05, 4.69) is 15.9 Å². The van der Waals surface area contributed by atoms with E-state index in [0.29, 0.717) is 59.9 Å². The lowest BCUT2D eigenvalue weighted by Crippen LogP contribution is -2.40. The summed E-state index contributed by atoms with van der Waals surface area (Å²) in [7, 11) is 1.56. The summed E-state index contributed by atoms with van der Waals surface area (Å²) in [6, 6.07) is 14.2. The molecule has 1 atom stereocenters. The lowest BCUT2D eigenvalue weighted by molar-refractivity contribution is -0.384. The van der Waals surface area contributed by atoms with Crippen LogP contribution in [0.25, 0.3) is 17.4 Å². The van der Waals surface area contributed by atoms with Gasteiger partial charge in [0.25, 0.3) is 11.2 Å². The highest BCUT2D eigenvalue weighted by molar-refractivity contribution is 9.10. The Balaban J connectivity index is 1.66. The predicted octanol–water partition coefficient (Wildman–Crippen LogP) is 5.52. The van der Waals surface area contributed by atoms with E-state index >= 15 is 0 Å². The van der Waals surface area contributed by atoms with Gasteiger partial charge in [-0.15, -0.1) is 0 Å². The van der Waals surface area contributed by atoms with Gasteiger partial charge in [0.1, 0.15) is 17.3 Å². The molecule has 0 fully saturated rings. The van der Waals surface area contributed by atoms with Crippen LogP contribution >= 0.6 is 27.3 Å². The maximum Gasteiger partial charge on any atom is 0.338 e. The fraction of sp³-hybridized carbons (Fsp3) is 0.233. The Morgan fingerprint density at radius 1 is 1.21 bits per heavy atom. The summed E-state index contributed by atoms with van der Waals surface area (Å²) >= 11 is 4.72. The Morgan fingerprint density at radius 3 is 2.71 bits per heavy atom. The number of rotatable bonds is 9. The van der Waals surface area contributed by atoms with Gasteiger partial charge in [-0.05, 0) is 59.1 Å². The zero-order chi connectivity index (χ0) is 30.0. The van der Waals surface area contributed by atoms with Gasteiger partial charge in [0.15, 0.2) is 4.80 Å². The number of nitrogens with zero attached hydrogens (tertiary/aromatic N) is 3. The van der Waals surface area contributed by atoms with Crippen molar-refractivity contribution in [3.05, 3.63) is 111 Å². The second-order valence-corrected chi connectivity index (χ2v) is 11.2. The second kappa shape index (κ2) is 12.3. The molecule has 0 aliphatic carbocycles. The third kappa shape index (κ3) is 5.59. The van der Waals surface area contributed by atoms with Gasteiger partial charge >= 0.3 is 5.97 Å². The van der Waals surface area contributed by atoms with Gasteiger partial charge in [-0.3, -0.25) is 19.5 Å². The van der Waals surface area contributed by atoms with Crippen LogP contribution in [0.4, 0.5) is 5.69 Å². The van der Waals surface area contributed by atoms with Crippen molar-refractivity contribution in [3.8, 4) is 17.1 Å². The highest BCUT2D eigenvalue weighted by Crippen LogP contribution is 2.36. The number of carbonyl (C=O) groups is 1. The van der Waals surface area contributed by atoms with Crippen LogP contribution in [0.2, 0.25) is 0 Å². The lowest BCUT2D eigenvalue weighted by atomic mass is 9.94. The number of allylic oxidation sites excluding steroid dienone is 1. The van der Waals surface area contributed by atoms with Crippen LogP contribution in [-0.4, -0.2) is 29.2 Å². The molecule has 0 bridgehead atoms. The highest BCUT2D eigenvalue weighted by atomic mass is 79.9. The molecule has 0 spiro atoms. The van der Waals surface area contributed by atoms with Crippen molar-refractivity contribution in [1.82, 2.24) is 4.57 Å². The average molecular weight is 653 g/mol. The standard InChI is InChI=1S/C30H26BrN3O7S/c1-4-7-22-26(29(36)40-5-2)27(18-10-12-24(39-3)21(31)15-18)33-28(35)25(42-30(33)32-22)16-20-11-13-23(41-20)17-8-6-9-19(14-17)34(37)38/h6,8-16,27H,4-5,7H2,1-3H3/b25-16-. The number of hydrogen-bond acceptors (Lipinski definition) is 9. The zero-order valence-corrected chi connectivity index (χ0v) is 25.4. The summed E-state index contributed by atoms with van der Waals surface area (Å²) in [5.41, 5.74) is 1.73. The first-order valence-corrected chi connectivity index (χ1v) is 14.8. The molecule has 12 heteroatoms. The van der Waals surface area contributed by atoms with E-state index in [9.17, 15) is 19.7 Å². The second-order valence-electron chi connectivity index (χ2n) is 9.32. The normalized spacial score (nSPS) is 14.9. The van der Waals surface area contributed by atoms with Crippen molar-refractivity contribution in [3.63, 3.8) is 0 Å². The molecule has 10 nitrogen and oxygen atoms in total. The summed E-state index contributed by atoms with van der Waals surface area (Å²) in [4.78, 5) is 43.2. The van der Waals surface area contributed by atoms with Gasteiger partial charge < -0.3 is 13.9 Å². The van der Waals surface area contributed by atoms with Crippen molar-refractivity contribution in [2.24, 2.45) is 4.99 Å². The van der Waals surface area contributed by atoms with E-state index < -0.39 is 16.9 Å². The number of fused-ring (bicyclic) bond motifs is 1. The number of carbonyl (C=O) groups excluding carboxylic acids is 1. The fourth-order valence-corrected chi connectivity index (χ4v) is 6.33. The minimum absolute atomic E-state index is 0.0517. The van der Waals surface area contributed by atoms with E-state index in [1.807, 2.05) is 19.1 Å². The molecular formula is C30H26BrN3O7S. The predicted molar refractivity (Wildman–Crippen MR) is 161 cm³/mol. The topological polar surface area (TPSA) is 126 Å². The molecule has 1 aliphatic heterocycles. The molecule has 0 saturated carbocycles. The number of nitro benzene ring substituents is 1. The van der Waals surface area contributed by atoms with Crippen molar-refractivity contribution in [2.75, 3.05) is 13.7 Å². The number of ether oxygens (including phenoxy) is 2. The Morgan fingerprint density at radius 2 is 2.02 bits per heavy atom. The SMILES string of the molecule is CCCC1=C(C(=O)OCC)C(c2ccc(OC)c(Br)c2)n2c(s/c(=C\c3ccc(-c4cccc([N+](=O)[O-])c4)o3)c2=O)=N1. The third-order valence-corrected chi connectivity index (χ3v) is 8.23. The molecule has 0 amide bonds. The van der Waals surface area contributed by atoms with E-state index in [0.717, 1.165) is 6.42 Å².